The van der Waals surface area contributed by atoms with Gasteiger partial charge in [-0.3, -0.25) is 4.79 Å². The smallest absolute Gasteiger partial charge is 0.219 e. The van der Waals surface area contributed by atoms with E-state index >= 15 is 0 Å². The first-order valence-corrected chi connectivity index (χ1v) is 11.7. The van der Waals surface area contributed by atoms with E-state index in [0.717, 1.165) is 37.9 Å². The van der Waals surface area contributed by atoms with Crippen molar-refractivity contribution >= 4 is 11.7 Å². The molecule has 7 heteroatoms. The summed E-state index contributed by atoms with van der Waals surface area (Å²) in [5.74, 6) is 1.14. The summed E-state index contributed by atoms with van der Waals surface area (Å²) in [5.41, 5.74) is 0. The molecule has 1 heterocycles. The monoisotopic (exact) mass is 407 g/mol. The number of aryl methyl sites for hydroxylation is 1. The van der Waals surface area contributed by atoms with E-state index in [9.17, 15) is 9.59 Å². The normalized spacial score (nSPS) is 10.9. The van der Waals surface area contributed by atoms with Crippen LogP contribution in [0.5, 0.6) is 0 Å². The summed E-state index contributed by atoms with van der Waals surface area (Å²) in [6, 6.07) is 0. The molecule has 0 spiro atoms. The first-order chi connectivity index (χ1) is 14.2. The first kappa shape index (κ1) is 25.2. The minimum Gasteiger partial charge on any atom is -0.356 e. The van der Waals surface area contributed by atoms with E-state index in [-0.39, 0.29) is 11.7 Å². The molecular formula is C22H41N5O2. The number of carbonyl (C=O) groups is 2. The Morgan fingerprint density at radius 1 is 0.759 bits per heavy atom. The predicted octanol–water partition coefficient (Wildman–Crippen LogP) is 4.69. The lowest BCUT2D eigenvalue weighted by atomic mass is 10.0. The van der Waals surface area contributed by atoms with Crippen molar-refractivity contribution in [1.29, 1.82) is 0 Å². The molecule has 1 aromatic heterocycles. The number of tetrazole rings is 1. The van der Waals surface area contributed by atoms with E-state index in [2.05, 4.69) is 25.9 Å². The van der Waals surface area contributed by atoms with Gasteiger partial charge in [-0.15, -0.1) is 10.2 Å². The van der Waals surface area contributed by atoms with Gasteiger partial charge in [0.1, 0.15) is 5.78 Å². The number of H-pyrrole nitrogens is 1. The van der Waals surface area contributed by atoms with Gasteiger partial charge >= 0.3 is 0 Å². The summed E-state index contributed by atoms with van der Waals surface area (Å²) in [6.07, 6.45) is 19.3. The second-order valence-corrected chi connectivity index (χ2v) is 8.08. The molecule has 0 bridgehead atoms. The van der Waals surface area contributed by atoms with Gasteiger partial charge in [-0.1, -0.05) is 75.8 Å². The highest BCUT2D eigenvalue weighted by Gasteiger charge is 2.01. The molecule has 1 rings (SSSR count). The van der Waals surface area contributed by atoms with Crippen LogP contribution in [0.25, 0.3) is 0 Å². The summed E-state index contributed by atoms with van der Waals surface area (Å²) in [6.45, 7) is 2.21. The third-order valence-electron chi connectivity index (χ3n) is 5.22. The summed E-state index contributed by atoms with van der Waals surface area (Å²) < 4.78 is 0. The maximum absolute atomic E-state index is 11.7. The number of amides is 1. The fraction of sp³-hybridized carbons (Fsp3) is 0.864. The number of rotatable bonds is 20. The van der Waals surface area contributed by atoms with E-state index in [1.807, 2.05) is 0 Å². The molecule has 7 nitrogen and oxygen atoms in total. The van der Waals surface area contributed by atoms with Gasteiger partial charge in [0.25, 0.3) is 0 Å². The van der Waals surface area contributed by atoms with E-state index in [4.69, 9.17) is 0 Å². The lowest BCUT2D eigenvalue weighted by molar-refractivity contribution is -0.121. The van der Waals surface area contributed by atoms with Gasteiger partial charge in [-0.25, -0.2) is 0 Å². The van der Waals surface area contributed by atoms with Crippen LogP contribution >= 0.6 is 0 Å². The molecular weight excluding hydrogens is 366 g/mol. The number of Topliss-reactive ketones (excluding diaryl/α,β-unsaturated/α-hetero) is 1. The molecule has 0 fully saturated rings. The molecule has 0 radical (unpaired) electrons. The highest BCUT2D eigenvalue weighted by molar-refractivity contribution is 5.76. The number of unbranched alkanes of at least 4 members (excludes halogenated alkanes) is 12. The van der Waals surface area contributed by atoms with E-state index in [1.165, 1.54) is 64.2 Å². The van der Waals surface area contributed by atoms with Gasteiger partial charge in [-0.2, -0.15) is 5.21 Å². The molecule has 0 aliphatic heterocycles. The molecule has 1 aromatic rings. The molecule has 0 aliphatic rings. The molecule has 0 aliphatic carbocycles. The van der Waals surface area contributed by atoms with Gasteiger partial charge in [0.2, 0.25) is 5.91 Å². The Morgan fingerprint density at radius 2 is 1.31 bits per heavy atom. The van der Waals surface area contributed by atoms with Crippen molar-refractivity contribution < 1.29 is 9.59 Å². The molecule has 0 unspecified atom stereocenters. The average Bonchev–Trinajstić information content (AvgIpc) is 3.21. The van der Waals surface area contributed by atoms with Crippen LogP contribution < -0.4 is 5.32 Å². The zero-order valence-electron chi connectivity index (χ0n) is 18.4. The molecule has 0 saturated heterocycles. The predicted molar refractivity (Wildman–Crippen MR) is 115 cm³/mol. The zero-order valence-corrected chi connectivity index (χ0v) is 18.4. The van der Waals surface area contributed by atoms with Gasteiger partial charge in [0, 0.05) is 25.8 Å². The Kier molecular flexibility index (Phi) is 15.9. The number of nitrogens with zero attached hydrogens (tertiary/aromatic N) is 3. The number of aromatic nitrogens is 4. The van der Waals surface area contributed by atoms with Crippen molar-refractivity contribution in [1.82, 2.24) is 25.9 Å². The lowest BCUT2D eigenvalue weighted by Crippen LogP contribution is -2.24. The number of ketones is 1. The Labute approximate surface area is 176 Å². The fourth-order valence-corrected chi connectivity index (χ4v) is 3.46. The molecule has 0 aromatic carbocycles. The van der Waals surface area contributed by atoms with Crippen LogP contribution in [0.2, 0.25) is 0 Å². The molecule has 0 saturated carbocycles. The van der Waals surface area contributed by atoms with Gasteiger partial charge < -0.3 is 10.1 Å². The summed E-state index contributed by atoms with van der Waals surface area (Å²) in [5, 5.41) is 16.9. The van der Waals surface area contributed by atoms with E-state index < -0.39 is 0 Å². The van der Waals surface area contributed by atoms with Crippen molar-refractivity contribution in [2.75, 3.05) is 6.54 Å². The molecule has 29 heavy (non-hydrogen) atoms. The molecule has 0 atom stereocenters. The van der Waals surface area contributed by atoms with Crippen LogP contribution in [0, 0.1) is 0 Å². The standard InChI is InChI=1S/C22H41N5O2/c1-20(28)16-15-19-23-22(29)18-14-12-10-8-6-4-2-3-5-7-9-11-13-17-21-24-26-27-25-21/h2-19H2,1H3,(H,23,29)(H,24,25,26,27). The van der Waals surface area contributed by atoms with Crippen molar-refractivity contribution in [2.45, 2.75) is 116 Å². The van der Waals surface area contributed by atoms with Crippen molar-refractivity contribution in [3.63, 3.8) is 0 Å². The summed E-state index contributed by atoms with van der Waals surface area (Å²) in [7, 11) is 0. The second-order valence-electron chi connectivity index (χ2n) is 8.08. The van der Waals surface area contributed by atoms with Gasteiger partial charge in [0.05, 0.1) is 0 Å². The van der Waals surface area contributed by atoms with Crippen molar-refractivity contribution in [3.05, 3.63) is 5.82 Å². The SMILES string of the molecule is CC(=O)CCCNC(=O)CCCCCCCCCCCCCCCc1nn[nH]n1. The van der Waals surface area contributed by atoms with E-state index in [0.29, 0.717) is 19.4 Å². The Morgan fingerprint density at radius 3 is 1.83 bits per heavy atom. The van der Waals surface area contributed by atoms with Crippen LogP contribution in [0.3, 0.4) is 0 Å². The highest BCUT2D eigenvalue weighted by atomic mass is 16.1. The third kappa shape index (κ3) is 16.8. The number of carbonyl (C=O) groups excluding carboxylic acids is 2. The maximum atomic E-state index is 11.7. The minimum atomic E-state index is 0.128. The molecule has 166 valence electrons. The highest BCUT2D eigenvalue weighted by Crippen LogP contribution is 2.13. The minimum absolute atomic E-state index is 0.128. The number of hydrogen-bond donors (Lipinski definition) is 2. The van der Waals surface area contributed by atoms with Crippen molar-refractivity contribution in [2.24, 2.45) is 0 Å². The maximum Gasteiger partial charge on any atom is 0.219 e. The lowest BCUT2D eigenvalue weighted by Gasteiger charge is -2.05. The summed E-state index contributed by atoms with van der Waals surface area (Å²) >= 11 is 0. The van der Waals surface area contributed by atoms with Crippen LogP contribution in [-0.4, -0.2) is 38.9 Å². The second kappa shape index (κ2) is 18.3. The Hall–Kier alpha value is -1.79. The van der Waals surface area contributed by atoms with E-state index in [1.54, 1.807) is 6.92 Å². The Bertz CT molecular complexity index is 519. The topological polar surface area (TPSA) is 101 Å². The average molecular weight is 408 g/mol. The quantitative estimate of drug-likeness (QED) is 0.305. The largest absolute Gasteiger partial charge is 0.356 e. The molecule has 2 N–H and O–H groups in total. The number of aromatic amines is 1. The summed E-state index contributed by atoms with van der Waals surface area (Å²) in [4.78, 5) is 22.5. The first-order valence-electron chi connectivity index (χ1n) is 11.7. The van der Waals surface area contributed by atoms with Crippen LogP contribution in [-0.2, 0) is 16.0 Å². The Balaban J connectivity index is 1.71. The molecule has 1 amide bonds. The zero-order chi connectivity index (χ0) is 21.0. The van der Waals surface area contributed by atoms with Crippen LogP contribution in [0.15, 0.2) is 0 Å². The van der Waals surface area contributed by atoms with Gasteiger partial charge in [0.15, 0.2) is 5.82 Å². The van der Waals surface area contributed by atoms with Crippen molar-refractivity contribution in [3.8, 4) is 0 Å². The van der Waals surface area contributed by atoms with Gasteiger partial charge in [-0.05, 0) is 26.2 Å². The fourth-order valence-electron chi connectivity index (χ4n) is 3.46. The number of nitrogens with one attached hydrogen (secondary N) is 2. The number of hydrogen-bond acceptors (Lipinski definition) is 5. The van der Waals surface area contributed by atoms with Crippen LogP contribution in [0.4, 0.5) is 0 Å². The van der Waals surface area contributed by atoms with Crippen LogP contribution in [0.1, 0.15) is 115 Å². The third-order valence-corrected chi connectivity index (χ3v) is 5.22.